The maximum absolute atomic E-state index is 12.6. The van der Waals surface area contributed by atoms with Crippen LogP contribution >= 0.6 is 11.6 Å². The van der Waals surface area contributed by atoms with Gasteiger partial charge in [-0.05, 0) is 50.2 Å². The first-order valence-corrected chi connectivity index (χ1v) is 8.19. The molecule has 0 saturated carbocycles. The van der Waals surface area contributed by atoms with Crippen LogP contribution in [0, 0.1) is 6.92 Å². The Morgan fingerprint density at radius 1 is 1.29 bits per heavy atom. The van der Waals surface area contributed by atoms with Crippen LogP contribution in [0.15, 0.2) is 42.5 Å². The molecule has 2 rings (SSSR count). The molecule has 0 aromatic heterocycles. The lowest BCUT2D eigenvalue weighted by Gasteiger charge is -2.25. The van der Waals surface area contributed by atoms with Crippen LogP contribution in [-0.4, -0.2) is 31.0 Å². The number of nitrogens with one attached hydrogen (secondary N) is 1. The number of hydrogen-bond donors (Lipinski definition) is 1. The maximum Gasteiger partial charge on any atom is 0.241 e. The van der Waals surface area contributed by atoms with E-state index in [4.69, 9.17) is 16.3 Å². The van der Waals surface area contributed by atoms with Gasteiger partial charge in [-0.2, -0.15) is 0 Å². The van der Waals surface area contributed by atoms with Gasteiger partial charge in [0, 0.05) is 11.6 Å². The summed E-state index contributed by atoms with van der Waals surface area (Å²) in [5.74, 6) is 0.480. The molecular weight excluding hydrogens is 324 g/mol. The number of carbonyl (C=O) groups excluding carboxylic acids is 1. The number of aryl methyl sites for hydroxylation is 1. The molecule has 2 aromatic carbocycles. The molecule has 1 atom stereocenters. The van der Waals surface area contributed by atoms with E-state index in [1.54, 1.807) is 25.3 Å². The normalized spacial score (nSPS) is 12.1. The second kappa shape index (κ2) is 8.18. The first-order valence-electron chi connectivity index (χ1n) is 7.81. The molecule has 0 heterocycles. The fourth-order valence-corrected chi connectivity index (χ4v) is 2.58. The molecule has 0 aliphatic rings. The highest BCUT2D eigenvalue weighted by molar-refractivity contribution is 6.31. The number of hydrogen-bond acceptors (Lipinski definition) is 3. The first-order chi connectivity index (χ1) is 11.4. The fourth-order valence-electron chi connectivity index (χ4n) is 2.41. The van der Waals surface area contributed by atoms with Crippen LogP contribution in [0.25, 0.3) is 0 Å². The molecule has 0 bridgehead atoms. The lowest BCUT2D eigenvalue weighted by atomic mass is 10.1. The van der Waals surface area contributed by atoms with Gasteiger partial charge in [-0.3, -0.25) is 9.69 Å². The molecule has 2 aromatic rings. The van der Waals surface area contributed by atoms with Gasteiger partial charge in [0.1, 0.15) is 5.75 Å². The molecule has 0 spiro atoms. The summed E-state index contributed by atoms with van der Waals surface area (Å²) in [6.45, 7) is 4.66. The average Bonchev–Trinajstić information content (AvgIpc) is 2.56. The zero-order valence-electron chi connectivity index (χ0n) is 14.5. The molecule has 1 N–H and O–H groups in total. The van der Waals surface area contributed by atoms with Gasteiger partial charge in [-0.25, -0.2) is 0 Å². The van der Waals surface area contributed by atoms with Crippen LogP contribution < -0.4 is 10.1 Å². The van der Waals surface area contributed by atoms with E-state index in [1.165, 1.54) is 11.1 Å². The van der Waals surface area contributed by atoms with E-state index in [0.717, 1.165) is 0 Å². The van der Waals surface area contributed by atoms with Gasteiger partial charge in [0.05, 0.1) is 18.8 Å². The van der Waals surface area contributed by atoms with Crippen LogP contribution in [0.1, 0.15) is 18.1 Å². The van der Waals surface area contributed by atoms with E-state index in [2.05, 4.69) is 24.4 Å². The SMILES string of the molecule is COc1ccc(Cl)cc1NC(=O)C(C)N(C)Cc1ccccc1C. The summed E-state index contributed by atoms with van der Waals surface area (Å²) >= 11 is 6.01. The van der Waals surface area contributed by atoms with Crippen LogP contribution in [0.2, 0.25) is 5.02 Å². The van der Waals surface area contributed by atoms with E-state index in [9.17, 15) is 4.79 Å². The van der Waals surface area contributed by atoms with Gasteiger partial charge in [0.25, 0.3) is 0 Å². The van der Waals surface area contributed by atoms with Gasteiger partial charge in [-0.1, -0.05) is 35.9 Å². The Labute approximate surface area is 148 Å². The summed E-state index contributed by atoms with van der Waals surface area (Å²) in [6.07, 6.45) is 0. The Morgan fingerprint density at radius 2 is 2.00 bits per heavy atom. The third kappa shape index (κ3) is 4.49. The minimum Gasteiger partial charge on any atom is -0.495 e. The fraction of sp³-hybridized carbons (Fsp3) is 0.316. The second-order valence-corrected chi connectivity index (χ2v) is 6.29. The first kappa shape index (κ1) is 18.3. The molecule has 0 aliphatic heterocycles. The smallest absolute Gasteiger partial charge is 0.241 e. The van der Waals surface area contributed by atoms with E-state index in [1.807, 2.05) is 31.0 Å². The van der Waals surface area contributed by atoms with Crippen LogP contribution in [0.5, 0.6) is 5.75 Å². The molecule has 0 radical (unpaired) electrons. The molecule has 128 valence electrons. The number of benzene rings is 2. The third-order valence-electron chi connectivity index (χ3n) is 4.14. The largest absolute Gasteiger partial charge is 0.495 e. The van der Waals surface area contributed by atoms with Crippen molar-refractivity contribution in [3.05, 3.63) is 58.6 Å². The summed E-state index contributed by atoms with van der Waals surface area (Å²) in [7, 11) is 3.50. The van der Waals surface area contributed by atoms with E-state index < -0.39 is 0 Å². The quantitative estimate of drug-likeness (QED) is 0.855. The molecule has 0 fully saturated rings. The van der Waals surface area contributed by atoms with Crippen molar-refractivity contribution in [2.75, 3.05) is 19.5 Å². The van der Waals surface area contributed by atoms with Gasteiger partial charge in [-0.15, -0.1) is 0 Å². The number of methoxy groups -OCH3 is 1. The van der Waals surface area contributed by atoms with Crippen molar-refractivity contribution in [2.45, 2.75) is 26.4 Å². The standard InChI is InChI=1S/C19H23ClN2O2/c1-13-7-5-6-8-15(13)12-22(3)14(2)19(23)21-17-11-16(20)9-10-18(17)24-4/h5-11,14H,12H2,1-4H3,(H,21,23). The number of nitrogens with zero attached hydrogens (tertiary/aromatic N) is 1. The van der Waals surface area contributed by atoms with Crippen molar-refractivity contribution in [3.63, 3.8) is 0 Å². The Bertz CT molecular complexity index is 718. The summed E-state index contributed by atoms with van der Waals surface area (Å²) in [6, 6.07) is 13.0. The highest BCUT2D eigenvalue weighted by Gasteiger charge is 2.20. The topological polar surface area (TPSA) is 41.6 Å². The Kier molecular flexibility index (Phi) is 6.23. The summed E-state index contributed by atoms with van der Waals surface area (Å²) in [5, 5.41) is 3.44. The Hall–Kier alpha value is -2.04. The van der Waals surface area contributed by atoms with Gasteiger partial charge < -0.3 is 10.1 Å². The number of halogens is 1. The predicted octanol–water partition coefficient (Wildman–Crippen LogP) is 4.12. The highest BCUT2D eigenvalue weighted by Crippen LogP contribution is 2.28. The Balaban J connectivity index is 2.06. The van der Waals surface area contributed by atoms with Crippen molar-refractivity contribution in [1.29, 1.82) is 0 Å². The number of ether oxygens (including phenoxy) is 1. The number of amides is 1. The molecule has 1 amide bonds. The summed E-state index contributed by atoms with van der Waals surface area (Å²) in [5.41, 5.74) is 3.00. The van der Waals surface area contributed by atoms with Crippen molar-refractivity contribution < 1.29 is 9.53 Å². The van der Waals surface area contributed by atoms with Gasteiger partial charge in [0.15, 0.2) is 0 Å². The van der Waals surface area contributed by atoms with E-state index in [0.29, 0.717) is 23.0 Å². The van der Waals surface area contributed by atoms with Crippen molar-refractivity contribution in [1.82, 2.24) is 4.90 Å². The number of anilines is 1. The Morgan fingerprint density at radius 3 is 2.67 bits per heavy atom. The van der Waals surface area contributed by atoms with Crippen molar-refractivity contribution in [3.8, 4) is 5.75 Å². The number of carbonyl (C=O) groups is 1. The van der Waals surface area contributed by atoms with Gasteiger partial charge in [0.2, 0.25) is 5.91 Å². The van der Waals surface area contributed by atoms with Crippen LogP contribution in [0.4, 0.5) is 5.69 Å². The predicted molar refractivity (Wildman–Crippen MR) is 98.7 cm³/mol. The lowest BCUT2D eigenvalue weighted by Crippen LogP contribution is -2.39. The number of rotatable bonds is 6. The number of likely N-dealkylation sites (N-methyl/N-ethyl adjacent to an activating group) is 1. The van der Waals surface area contributed by atoms with E-state index >= 15 is 0 Å². The molecule has 5 heteroatoms. The minimum absolute atomic E-state index is 0.105. The lowest BCUT2D eigenvalue weighted by molar-refractivity contribution is -0.120. The third-order valence-corrected chi connectivity index (χ3v) is 4.38. The van der Waals surface area contributed by atoms with E-state index in [-0.39, 0.29) is 11.9 Å². The van der Waals surface area contributed by atoms with Crippen molar-refractivity contribution in [2.24, 2.45) is 0 Å². The second-order valence-electron chi connectivity index (χ2n) is 5.85. The zero-order chi connectivity index (χ0) is 17.7. The average molecular weight is 347 g/mol. The molecule has 0 aliphatic carbocycles. The summed E-state index contributed by atoms with van der Waals surface area (Å²) < 4.78 is 5.27. The highest BCUT2D eigenvalue weighted by atomic mass is 35.5. The molecule has 1 unspecified atom stereocenters. The molecule has 24 heavy (non-hydrogen) atoms. The van der Waals surface area contributed by atoms with Crippen LogP contribution in [0.3, 0.4) is 0 Å². The van der Waals surface area contributed by atoms with Gasteiger partial charge >= 0.3 is 0 Å². The molecule has 4 nitrogen and oxygen atoms in total. The zero-order valence-corrected chi connectivity index (χ0v) is 15.2. The molecular formula is C19H23ClN2O2. The monoisotopic (exact) mass is 346 g/mol. The summed E-state index contributed by atoms with van der Waals surface area (Å²) in [4.78, 5) is 14.6. The minimum atomic E-state index is -0.298. The maximum atomic E-state index is 12.6. The molecule has 0 saturated heterocycles. The van der Waals surface area contributed by atoms with Crippen molar-refractivity contribution >= 4 is 23.2 Å². The van der Waals surface area contributed by atoms with Crippen LogP contribution in [-0.2, 0) is 11.3 Å².